The van der Waals surface area contributed by atoms with Crippen LogP contribution in [0.15, 0.2) is 0 Å². The molecule has 0 aromatic heterocycles. The molecule has 0 saturated carbocycles. The molecule has 0 fully saturated rings. The molecule has 0 radical (unpaired) electrons. The van der Waals surface area contributed by atoms with Crippen molar-refractivity contribution < 1.29 is 56.5 Å². The lowest BCUT2D eigenvalue weighted by Gasteiger charge is -2.16. The zero-order chi connectivity index (χ0) is 32.8. The van der Waals surface area contributed by atoms with Crippen molar-refractivity contribution in [2.75, 3.05) is 156 Å². The number of alkyl halides is 1. The second-order valence-electron chi connectivity index (χ2n) is 10.8. The molecule has 0 aliphatic heterocycles. The first-order valence-corrected chi connectivity index (χ1v) is 21.5. The lowest BCUT2D eigenvalue weighted by atomic mass is 10.2. The second kappa shape index (κ2) is 38.9. The molecule has 0 aliphatic rings. The van der Waals surface area contributed by atoms with Crippen molar-refractivity contribution in [1.29, 1.82) is 0 Å². The van der Waals surface area contributed by atoms with Gasteiger partial charge in [-0.05, 0) is 36.9 Å². The molecule has 0 aromatic carbocycles. The van der Waals surface area contributed by atoms with E-state index in [0.717, 1.165) is 13.0 Å². The Labute approximate surface area is 288 Å². The molecule has 12 nitrogen and oxygen atoms in total. The van der Waals surface area contributed by atoms with E-state index in [2.05, 4.69) is 42.2 Å². The quantitative estimate of drug-likeness (QED) is 0.0388. The van der Waals surface area contributed by atoms with E-state index >= 15 is 0 Å². The summed E-state index contributed by atoms with van der Waals surface area (Å²) >= 11 is 2.42. The van der Waals surface area contributed by atoms with Gasteiger partial charge in [-0.2, -0.15) is 0 Å². The van der Waals surface area contributed by atoms with Crippen LogP contribution in [0.4, 0.5) is 0 Å². The molecule has 0 N–H and O–H groups in total. The summed E-state index contributed by atoms with van der Waals surface area (Å²) in [4.78, 5) is 0. The van der Waals surface area contributed by atoms with Crippen LogP contribution in [0.5, 0.6) is 0 Å². The number of rotatable bonds is 40. The Morgan fingerprint density at radius 1 is 0.289 bits per heavy atom. The highest BCUT2D eigenvalue weighted by Crippen LogP contribution is 2.02. The van der Waals surface area contributed by atoms with E-state index in [4.69, 9.17) is 56.5 Å². The Morgan fingerprint density at radius 2 is 0.511 bits per heavy atom. The van der Waals surface area contributed by atoms with Crippen molar-refractivity contribution in [1.82, 2.24) is 0 Å². The Bertz CT molecular complexity index is 549. The maximum absolute atomic E-state index is 5.72. The summed E-state index contributed by atoms with van der Waals surface area (Å²) in [5.74, 6) is 0. The Morgan fingerprint density at radius 3 is 0.756 bits per heavy atom. The number of hydrogen-bond acceptors (Lipinski definition) is 12. The van der Waals surface area contributed by atoms with E-state index in [-0.39, 0.29) is 0 Å². The van der Waals surface area contributed by atoms with Gasteiger partial charge in [0, 0.05) is 6.61 Å². The molecule has 0 unspecified atom stereocenters. The highest BCUT2D eigenvalue weighted by Gasteiger charge is 2.13. The normalized spacial score (nSPS) is 12.0. The van der Waals surface area contributed by atoms with E-state index in [1.165, 1.54) is 23.7 Å². The van der Waals surface area contributed by atoms with Gasteiger partial charge in [0.25, 0.3) is 0 Å². The van der Waals surface area contributed by atoms with Crippen LogP contribution in [-0.4, -0.2) is 165 Å². The van der Waals surface area contributed by atoms with Crippen LogP contribution in [0.25, 0.3) is 0 Å². The monoisotopic (exact) mass is 784 g/mol. The van der Waals surface area contributed by atoms with Gasteiger partial charge in [0.15, 0.2) is 8.32 Å². The molecule has 0 rings (SSSR count). The Hall–Kier alpha value is 0.467. The molecule has 14 heteroatoms. The molecule has 0 aromatic rings. The second-order valence-corrected chi connectivity index (χ2v) is 16.4. The largest absolute Gasteiger partial charge is 0.415 e. The third-order valence-corrected chi connectivity index (χ3v) is 7.49. The van der Waals surface area contributed by atoms with Gasteiger partial charge in [0.05, 0.1) is 145 Å². The highest BCUT2D eigenvalue weighted by molar-refractivity contribution is 14.1. The van der Waals surface area contributed by atoms with Gasteiger partial charge in [-0.1, -0.05) is 35.4 Å². The molecule has 0 amide bonds. The maximum atomic E-state index is 5.72. The zero-order valence-electron chi connectivity index (χ0n) is 28.6. The third-order valence-electron chi connectivity index (χ3n) is 5.66. The maximum Gasteiger partial charge on any atom is 0.183 e. The summed E-state index contributed by atoms with van der Waals surface area (Å²) in [6.45, 7) is 19.5. The van der Waals surface area contributed by atoms with Gasteiger partial charge in [-0.25, -0.2) is 0 Å². The first-order valence-electron chi connectivity index (χ1n) is 16.6. The van der Waals surface area contributed by atoms with Crippen LogP contribution in [-0.2, 0) is 56.5 Å². The SMILES string of the molecule is C[Si](C)(C)OCCOCCOCCOCCOCCOCCOCCOCCOCCOCCOCCOCCCCCCI. The molecule has 272 valence electrons. The first kappa shape index (κ1) is 45.5. The molecular formula is C31H65IO12Si. The fourth-order valence-corrected chi connectivity index (χ4v) is 4.60. The summed E-state index contributed by atoms with van der Waals surface area (Å²) in [5, 5.41) is 0. The highest BCUT2D eigenvalue weighted by atomic mass is 127. The van der Waals surface area contributed by atoms with Crippen molar-refractivity contribution in [3.63, 3.8) is 0 Å². The lowest BCUT2D eigenvalue weighted by molar-refractivity contribution is -0.0277. The van der Waals surface area contributed by atoms with E-state index < -0.39 is 8.32 Å². The van der Waals surface area contributed by atoms with Crippen molar-refractivity contribution >= 4 is 30.9 Å². The average Bonchev–Trinajstić information content (AvgIpc) is 3.01. The molecule has 0 aliphatic carbocycles. The minimum Gasteiger partial charge on any atom is -0.415 e. The van der Waals surface area contributed by atoms with Gasteiger partial charge in [-0.3, -0.25) is 0 Å². The third kappa shape index (κ3) is 44.5. The van der Waals surface area contributed by atoms with Crippen LogP contribution in [0, 0.1) is 0 Å². The van der Waals surface area contributed by atoms with Crippen molar-refractivity contribution in [2.45, 2.75) is 45.3 Å². The lowest BCUT2D eigenvalue weighted by Crippen LogP contribution is -2.27. The summed E-state index contributed by atoms with van der Waals surface area (Å²) in [5.41, 5.74) is 0. The number of unbranched alkanes of at least 4 members (excludes halogenated alkanes) is 3. The van der Waals surface area contributed by atoms with E-state index in [1.807, 2.05) is 0 Å². The van der Waals surface area contributed by atoms with E-state index in [1.54, 1.807) is 0 Å². The van der Waals surface area contributed by atoms with Crippen molar-refractivity contribution in [3.05, 3.63) is 0 Å². The Kier molecular flexibility index (Phi) is 39.3. The molecule has 0 atom stereocenters. The number of hydrogen-bond donors (Lipinski definition) is 0. The number of ether oxygens (including phenoxy) is 11. The van der Waals surface area contributed by atoms with E-state index in [9.17, 15) is 0 Å². The topological polar surface area (TPSA) is 111 Å². The van der Waals surface area contributed by atoms with Gasteiger partial charge in [-0.15, -0.1) is 0 Å². The van der Waals surface area contributed by atoms with Crippen molar-refractivity contribution in [3.8, 4) is 0 Å². The van der Waals surface area contributed by atoms with Crippen LogP contribution < -0.4 is 0 Å². The summed E-state index contributed by atoms with van der Waals surface area (Å²) in [6, 6.07) is 0. The summed E-state index contributed by atoms with van der Waals surface area (Å²) in [6.07, 6.45) is 4.98. The first-order chi connectivity index (χ1) is 22.1. The van der Waals surface area contributed by atoms with Crippen LogP contribution in [0.3, 0.4) is 0 Å². The van der Waals surface area contributed by atoms with Crippen LogP contribution in [0.2, 0.25) is 19.6 Å². The predicted molar refractivity (Wildman–Crippen MR) is 186 cm³/mol. The fourth-order valence-electron chi connectivity index (χ4n) is 3.36. The molecule has 0 saturated heterocycles. The van der Waals surface area contributed by atoms with Gasteiger partial charge < -0.3 is 56.5 Å². The summed E-state index contributed by atoms with van der Waals surface area (Å²) < 4.78 is 67.4. The van der Waals surface area contributed by atoms with E-state index in [0.29, 0.717) is 145 Å². The molecule has 0 heterocycles. The van der Waals surface area contributed by atoms with Gasteiger partial charge >= 0.3 is 0 Å². The Balaban J connectivity index is 3.05. The van der Waals surface area contributed by atoms with Crippen molar-refractivity contribution in [2.24, 2.45) is 0 Å². The minimum absolute atomic E-state index is 0.521. The minimum atomic E-state index is -1.45. The average molecular weight is 785 g/mol. The molecule has 0 spiro atoms. The fraction of sp³-hybridized carbons (Fsp3) is 1.00. The van der Waals surface area contributed by atoms with Crippen LogP contribution >= 0.6 is 22.6 Å². The van der Waals surface area contributed by atoms with Gasteiger partial charge in [0.2, 0.25) is 0 Å². The molecule has 0 bridgehead atoms. The van der Waals surface area contributed by atoms with Crippen LogP contribution in [0.1, 0.15) is 25.7 Å². The predicted octanol–water partition coefficient (Wildman–Crippen LogP) is 4.02. The molecule has 45 heavy (non-hydrogen) atoms. The van der Waals surface area contributed by atoms with Gasteiger partial charge in [0.1, 0.15) is 0 Å². The smallest absolute Gasteiger partial charge is 0.183 e. The zero-order valence-corrected chi connectivity index (χ0v) is 31.7. The standard InChI is InChI=1S/C31H65IO12Si/c1-45(2,3)44-31-30-43-29-28-42-27-26-41-25-24-40-23-22-39-21-20-38-19-18-37-17-16-36-15-14-35-13-12-34-11-10-33-9-7-5-4-6-8-32/h4-31H2,1-3H3. The molecular weight excluding hydrogens is 719 g/mol. The number of halogens is 1. The summed E-state index contributed by atoms with van der Waals surface area (Å²) in [7, 11) is -1.45.